The molecule has 2 aromatic rings. The number of hydrogen-bond acceptors (Lipinski definition) is 6. The summed E-state index contributed by atoms with van der Waals surface area (Å²) in [7, 11) is 0. The van der Waals surface area contributed by atoms with Crippen LogP contribution in [0.1, 0.15) is 97.0 Å². The Morgan fingerprint density at radius 2 is 1.58 bits per heavy atom. The maximum absolute atomic E-state index is 12.0. The summed E-state index contributed by atoms with van der Waals surface area (Å²) in [6.45, 7) is 5.60. The van der Waals surface area contributed by atoms with E-state index in [4.69, 9.17) is 9.47 Å². The van der Waals surface area contributed by atoms with Gasteiger partial charge in [-0.2, -0.15) is 0 Å². The summed E-state index contributed by atoms with van der Waals surface area (Å²) >= 11 is 0. The first kappa shape index (κ1) is 29.2. The fraction of sp³-hybridized carbons (Fsp3) is 0.533. The van der Waals surface area contributed by atoms with Crippen molar-refractivity contribution in [2.45, 2.75) is 104 Å². The van der Waals surface area contributed by atoms with Gasteiger partial charge in [-0.05, 0) is 51.0 Å². The number of carbonyl (C=O) groups is 2. The lowest BCUT2D eigenvalue weighted by Crippen LogP contribution is -2.11. The first-order chi connectivity index (χ1) is 17.5. The third-order valence-electron chi connectivity index (χ3n) is 5.98. The zero-order chi connectivity index (χ0) is 26.0. The van der Waals surface area contributed by atoms with Gasteiger partial charge in [-0.3, -0.25) is 4.79 Å². The Balaban J connectivity index is 1.68. The summed E-state index contributed by atoms with van der Waals surface area (Å²) in [6, 6.07) is 8.17. The molecule has 1 atom stereocenters. The van der Waals surface area contributed by atoms with Crippen LogP contribution in [0.2, 0.25) is 0 Å². The maximum Gasteiger partial charge on any atom is 0.335 e. The normalized spacial score (nSPS) is 12.0. The van der Waals surface area contributed by atoms with Crippen molar-refractivity contribution in [2.75, 3.05) is 0 Å². The smallest absolute Gasteiger partial charge is 0.335 e. The first-order valence-electron chi connectivity index (χ1n) is 13.4. The number of aromatic nitrogens is 2. The van der Waals surface area contributed by atoms with Gasteiger partial charge in [0.15, 0.2) is 11.6 Å². The van der Waals surface area contributed by atoms with Gasteiger partial charge in [0.05, 0.1) is 18.5 Å². The van der Waals surface area contributed by atoms with Crippen LogP contribution in [0.5, 0.6) is 5.75 Å². The van der Waals surface area contributed by atoms with E-state index >= 15 is 0 Å². The van der Waals surface area contributed by atoms with Crippen molar-refractivity contribution in [3.63, 3.8) is 0 Å². The first-order valence-corrected chi connectivity index (χ1v) is 13.4. The van der Waals surface area contributed by atoms with Gasteiger partial charge < -0.3 is 9.47 Å². The largest absolute Gasteiger partial charge is 0.463 e. The van der Waals surface area contributed by atoms with Crippen LogP contribution in [0.25, 0.3) is 11.4 Å². The van der Waals surface area contributed by atoms with Gasteiger partial charge >= 0.3 is 11.9 Å². The van der Waals surface area contributed by atoms with Crippen LogP contribution in [0.4, 0.5) is 0 Å². The van der Waals surface area contributed by atoms with Crippen LogP contribution < -0.4 is 4.74 Å². The van der Waals surface area contributed by atoms with Gasteiger partial charge in [0, 0.05) is 18.6 Å². The van der Waals surface area contributed by atoms with E-state index < -0.39 is 5.97 Å². The van der Waals surface area contributed by atoms with Crippen LogP contribution in [0, 0.1) is 0 Å². The molecule has 2 rings (SSSR count). The molecule has 6 nitrogen and oxygen atoms in total. The van der Waals surface area contributed by atoms with Crippen LogP contribution in [-0.2, 0) is 20.7 Å². The molecule has 0 aliphatic carbocycles. The molecule has 1 aromatic heterocycles. The molecule has 0 spiro atoms. The Labute approximate surface area is 216 Å². The number of nitrogens with zero attached hydrogens (tertiary/aromatic N) is 2. The molecule has 0 aliphatic heterocycles. The van der Waals surface area contributed by atoms with E-state index in [9.17, 15) is 9.59 Å². The second-order valence-corrected chi connectivity index (χ2v) is 9.34. The monoisotopic (exact) mass is 494 g/mol. The molecule has 6 heteroatoms. The minimum atomic E-state index is -0.402. The summed E-state index contributed by atoms with van der Waals surface area (Å²) in [4.78, 5) is 31.7. The fourth-order valence-corrected chi connectivity index (χ4v) is 3.99. The van der Waals surface area contributed by atoms with Crippen LogP contribution in [0.3, 0.4) is 0 Å². The van der Waals surface area contributed by atoms with E-state index in [0.717, 1.165) is 44.1 Å². The second-order valence-electron chi connectivity index (χ2n) is 9.34. The number of esters is 2. The minimum Gasteiger partial charge on any atom is -0.463 e. The number of allylic oxidation sites excluding steroid dienone is 1. The van der Waals surface area contributed by atoms with E-state index in [1.807, 2.05) is 25.1 Å². The SMILES string of the molecule is CCCCCCCCC/C=C/C(=O)Oc1cnc(-c2ccc(CCCCC(C)OC(C)=O)cc2)nc1. The summed E-state index contributed by atoms with van der Waals surface area (Å²) in [5, 5.41) is 0. The Morgan fingerprint density at radius 3 is 2.25 bits per heavy atom. The predicted molar refractivity (Wildman–Crippen MR) is 144 cm³/mol. The molecule has 0 aliphatic rings. The highest BCUT2D eigenvalue weighted by molar-refractivity contribution is 5.83. The lowest BCUT2D eigenvalue weighted by Gasteiger charge is -2.11. The summed E-state index contributed by atoms with van der Waals surface area (Å²) in [5.41, 5.74) is 2.16. The lowest BCUT2D eigenvalue weighted by molar-refractivity contribution is -0.145. The van der Waals surface area contributed by atoms with E-state index in [0.29, 0.717) is 11.6 Å². The second kappa shape index (κ2) is 17.4. The number of rotatable bonds is 17. The van der Waals surface area contributed by atoms with Crippen molar-refractivity contribution in [1.82, 2.24) is 9.97 Å². The molecule has 0 N–H and O–H groups in total. The minimum absolute atomic E-state index is 0.0322. The molecule has 0 amide bonds. The van der Waals surface area contributed by atoms with Gasteiger partial charge in [-0.25, -0.2) is 14.8 Å². The molecule has 1 aromatic carbocycles. The van der Waals surface area contributed by atoms with Crippen molar-refractivity contribution in [3.05, 3.63) is 54.4 Å². The number of unbranched alkanes of at least 4 members (excludes halogenated alkanes) is 8. The quantitative estimate of drug-likeness (QED) is 0.129. The molecule has 0 fully saturated rings. The Hall–Kier alpha value is -3.02. The van der Waals surface area contributed by atoms with Gasteiger partial charge in [-0.15, -0.1) is 0 Å². The third-order valence-corrected chi connectivity index (χ3v) is 5.98. The molecular weight excluding hydrogens is 452 g/mol. The molecule has 196 valence electrons. The highest BCUT2D eigenvalue weighted by Gasteiger charge is 2.07. The molecule has 1 unspecified atom stereocenters. The van der Waals surface area contributed by atoms with Gasteiger partial charge in [0.25, 0.3) is 0 Å². The van der Waals surface area contributed by atoms with Crippen molar-refractivity contribution in [3.8, 4) is 17.1 Å². The van der Waals surface area contributed by atoms with Crippen molar-refractivity contribution < 1.29 is 19.1 Å². The molecular formula is C30H42N2O4. The van der Waals surface area contributed by atoms with E-state index in [1.165, 1.54) is 69.5 Å². The third kappa shape index (κ3) is 12.6. The molecule has 0 saturated carbocycles. The zero-order valence-electron chi connectivity index (χ0n) is 22.2. The van der Waals surface area contributed by atoms with Crippen molar-refractivity contribution in [2.24, 2.45) is 0 Å². The molecule has 0 saturated heterocycles. The molecule has 1 heterocycles. The van der Waals surface area contributed by atoms with E-state index in [2.05, 4.69) is 29.0 Å². The standard InChI is InChI=1S/C30H42N2O4/c1-4-5-6-7-8-9-10-11-12-17-29(34)36-28-22-31-30(32-23-28)27-20-18-26(19-21-27)16-14-13-15-24(2)35-25(3)33/h12,17-24H,4-11,13-16H2,1-3H3/b17-12+. The summed E-state index contributed by atoms with van der Waals surface area (Å²) in [6.07, 6.45) is 20.0. The topological polar surface area (TPSA) is 78.4 Å². The van der Waals surface area contributed by atoms with Gasteiger partial charge in [-0.1, -0.05) is 75.8 Å². The summed E-state index contributed by atoms with van der Waals surface area (Å²) in [5.74, 6) is 0.299. The zero-order valence-corrected chi connectivity index (χ0v) is 22.2. The van der Waals surface area contributed by atoms with Gasteiger partial charge in [0.1, 0.15) is 0 Å². The van der Waals surface area contributed by atoms with Crippen LogP contribution in [-0.4, -0.2) is 28.0 Å². The predicted octanol–water partition coefficient (Wildman–Crippen LogP) is 7.41. The number of carbonyl (C=O) groups excluding carboxylic acids is 2. The average Bonchev–Trinajstić information content (AvgIpc) is 2.86. The van der Waals surface area contributed by atoms with Crippen LogP contribution in [0.15, 0.2) is 48.8 Å². The number of aryl methyl sites for hydroxylation is 1. The number of hydrogen-bond donors (Lipinski definition) is 0. The Bertz CT molecular complexity index is 923. The maximum atomic E-state index is 12.0. The van der Waals surface area contributed by atoms with E-state index in [1.54, 1.807) is 0 Å². The van der Waals surface area contributed by atoms with Crippen molar-refractivity contribution >= 4 is 11.9 Å². The van der Waals surface area contributed by atoms with E-state index in [-0.39, 0.29) is 12.1 Å². The molecule has 0 bridgehead atoms. The average molecular weight is 495 g/mol. The Kier molecular flexibility index (Phi) is 14.1. The molecule has 0 radical (unpaired) electrons. The van der Waals surface area contributed by atoms with Crippen LogP contribution >= 0.6 is 0 Å². The highest BCUT2D eigenvalue weighted by Crippen LogP contribution is 2.19. The summed E-state index contributed by atoms with van der Waals surface area (Å²) < 4.78 is 10.5. The number of benzene rings is 1. The number of ether oxygens (including phenoxy) is 2. The highest BCUT2D eigenvalue weighted by atomic mass is 16.5. The Morgan fingerprint density at radius 1 is 0.917 bits per heavy atom. The van der Waals surface area contributed by atoms with Gasteiger partial charge in [0.2, 0.25) is 0 Å². The fourth-order valence-electron chi connectivity index (χ4n) is 3.99. The lowest BCUT2D eigenvalue weighted by atomic mass is 10.0. The molecule has 36 heavy (non-hydrogen) atoms. The van der Waals surface area contributed by atoms with Crippen molar-refractivity contribution in [1.29, 1.82) is 0 Å².